The number of hydrogen-bond donors (Lipinski definition) is 3. The fourth-order valence-corrected chi connectivity index (χ4v) is 5.54. The van der Waals surface area contributed by atoms with Gasteiger partial charge in [-0.15, -0.1) is 23.2 Å². The number of carbonyl (C=O) groups is 2. The first-order valence-corrected chi connectivity index (χ1v) is 12.7. The van der Waals surface area contributed by atoms with Gasteiger partial charge >= 0.3 is 0 Å². The van der Waals surface area contributed by atoms with E-state index in [1.54, 1.807) is 6.92 Å². The molecule has 1 fully saturated rings. The van der Waals surface area contributed by atoms with Crippen LogP contribution in [0.2, 0.25) is 20.1 Å². The van der Waals surface area contributed by atoms with Crippen LogP contribution in [0.4, 0.5) is 25.8 Å². The summed E-state index contributed by atoms with van der Waals surface area (Å²) in [7, 11) is 0. The second-order valence-electron chi connectivity index (χ2n) is 8.38. The van der Waals surface area contributed by atoms with Crippen molar-refractivity contribution < 1.29 is 18.4 Å². The van der Waals surface area contributed by atoms with E-state index in [0.717, 1.165) is 6.07 Å². The van der Waals surface area contributed by atoms with E-state index < -0.39 is 39.6 Å². The third-order valence-corrected chi connectivity index (χ3v) is 8.44. The molecule has 4 rings (SSSR count). The summed E-state index contributed by atoms with van der Waals surface area (Å²) >= 11 is 37.3. The smallest absolute Gasteiger partial charge is 0.257 e. The van der Waals surface area contributed by atoms with Crippen LogP contribution in [0, 0.1) is 24.5 Å². The summed E-state index contributed by atoms with van der Waals surface area (Å²) in [6.07, 6.45) is 0. The first-order valence-electron chi connectivity index (χ1n) is 10.4. The Hall–Kier alpha value is -2.00. The van der Waals surface area contributed by atoms with E-state index >= 15 is 0 Å². The fourth-order valence-electron chi connectivity index (χ4n) is 3.90. The molecule has 1 aliphatic carbocycles. The number of nitrogens with one attached hydrogen (secondary N) is 2. The molecule has 0 aliphatic heterocycles. The van der Waals surface area contributed by atoms with Gasteiger partial charge in [-0.25, -0.2) is 8.78 Å². The van der Waals surface area contributed by atoms with Crippen molar-refractivity contribution in [1.82, 2.24) is 0 Å². The van der Waals surface area contributed by atoms with Gasteiger partial charge in [0.05, 0.1) is 42.9 Å². The molecule has 194 valence electrons. The Bertz CT molecular complexity index is 1440. The van der Waals surface area contributed by atoms with Crippen molar-refractivity contribution in [2.75, 3.05) is 16.4 Å². The number of nitrogens with two attached hydrogens (primary N) is 1. The Morgan fingerprint density at radius 2 is 1.51 bits per heavy atom. The molecule has 2 amide bonds. The van der Waals surface area contributed by atoms with Crippen molar-refractivity contribution in [3.63, 3.8) is 0 Å². The van der Waals surface area contributed by atoms with Gasteiger partial charge in [-0.05, 0) is 48.4 Å². The van der Waals surface area contributed by atoms with Crippen molar-refractivity contribution >= 4 is 98.5 Å². The average Bonchev–Trinajstić information content (AvgIpc) is 3.39. The van der Waals surface area contributed by atoms with Crippen LogP contribution in [0.1, 0.15) is 27.4 Å². The highest BCUT2D eigenvalue weighted by atomic mass is 35.5. The quantitative estimate of drug-likeness (QED) is 0.151. The summed E-state index contributed by atoms with van der Waals surface area (Å²) in [4.78, 5) is 26.0. The molecule has 2 atom stereocenters. The van der Waals surface area contributed by atoms with E-state index in [1.165, 1.54) is 24.3 Å². The molecule has 37 heavy (non-hydrogen) atoms. The molecule has 0 spiro atoms. The molecular weight excluding hydrogens is 613 g/mol. The monoisotopic (exact) mass is 625 g/mol. The number of rotatable bonds is 5. The second kappa shape index (κ2) is 10.3. The van der Waals surface area contributed by atoms with Gasteiger partial charge in [-0.1, -0.05) is 46.4 Å². The minimum absolute atomic E-state index is 0.0600. The van der Waals surface area contributed by atoms with Crippen LogP contribution in [-0.4, -0.2) is 16.1 Å². The number of aryl methyl sites for hydroxylation is 1. The fraction of sp³-hybridized carbons (Fsp3) is 0.167. The first-order chi connectivity index (χ1) is 17.2. The first kappa shape index (κ1) is 28.0. The van der Waals surface area contributed by atoms with E-state index in [0.29, 0.717) is 17.2 Å². The molecule has 1 aliphatic rings. The second-order valence-corrected chi connectivity index (χ2v) is 11.4. The lowest BCUT2D eigenvalue weighted by Crippen LogP contribution is -2.19. The number of nitrogen functional groups attached to an aromatic ring is 1. The summed E-state index contributed by atoms with van der Waals surface area (Å²) in [5.74, 6) is -4.86. The number of anilines is 3. The number of amides is 2. The number of benzene rings is 3. The molecule has 0 heterocycles. The Labute approximate surface area is 240 Å². The maximum absolute atomic E-state index is 14.1. The van der Waals surface area contributed by atoms with Gasteiger partial charge < -0.3 is 16.4 Å². The van der Waals surface area contributed by atoms with Gasteiger partial charge in [-0.3, -0.25) is 9.59 Å². The van der Waals surface area contributed by atoms with Crippen LogP contribution >= 0.6 is 69.6 Å². The van der Waals surface area contributed by atoms with Gasteiger partial charge in [0, 0.05) is 17.7 Å². The summed E-state index contributed by atoms with van der Waals surface area (Å²) in [5, 5.41) is 5.56. The SMILES string of the molecule is Cc1cc(NC(=O)[C@H]2[C@H](c3cc(Cl)c(Cl)c(Cl)c3)C2(Cl)Cl)cc(C(=O)Nc2cc(N)c(F)cc2F)c1Cl. The lowest BCUT2D eigenvalue weighted by Gasteiger charge is -2.13. The maximum atomic E-state index is 14.1. The topological polar surface area (TPSA) is 84.2 Å². The molecule has 0 unspecified atom stereocenters. The van der Waals surface area contributed by atoms with Gasteiger partial charge in [0.2, 0.25) is 5.91 Å². The summed E-state index contributed by atoms with van der Waals surface area (Å²) in [6.45, 7) is 1.61. The Balaban J connectivity index is 1.57. The van der Waals surface area contributed by atoms with Crippen LogP contribution in [0.3, 0.4) is 0 Å². The number of carbonyl (C=O) groups excluding carboxylic acids is 2. The largest absolute Gasteiger partial charge is 0.396 e. The summed E-state index contributed by atoms with van der Waals surface area (Å²) in [5.41, 5.74) is 5.86. The van der Waals surface area contributed by atoms with Crippen molar-refractivity contribution in [3.8, 4) is 0 Å². The molecule has 0 aromatic heterocycles. The van der Waals surface area contributed by atoms with Crippen molar-refractivity contribution in [1.29, 1.82) is 0 Å². The Morgan fingerprint density at radius 1 is 0.892 bits per heavy atom. The molecule has 13 heteroatoms. The van der Waals surface area contributed by atoms with Gasteiger partial charge in [0.1, 0.15) is 16.0 Å². The molecule has 0 radical (unpaired) electrons. The molecule has 0 saturated heterocycles. The Morgan fingerprint density at radius 3 is 2.14 bits per heavy atom. The van der Waals surface area contributed by atoms with Crippen LogP contribution in [0.15, 0.2) is 36.4 Å². The van der Waals surface area contributed by atoms with Crippen LogP contribution in [-0.2, 0) is 4.79 Å². The number of alkyl halides is 2. The summed E-state index contributed by atoms with van der Waals surface area (Å²) in [6, 6.07) is 7.38. The van der Waals surface area contributed by atoms with Crippen LogP contribution < -0.4 is 16.4 Å². The molecular formula is C24H15Cl6F2N3O2. The zero-order chi connectivity index (χ0) is 27.4. The van der Waals surface area contributed by atoms with E-state index in [-0.39, 0.29) is 42.7 Å². The predicted octanol–water partition coefficient (Wildman–Crippen LogP) is 8.25. The van der Waals surface area contributed by atoms with E-state index in [1.807, 2.05) is 0 Å². The highest BCUT2D eigenvalue weighted by molar-refractivity contribution is 6.54. The lowest BCUT2D eigenvalue weighted by molar-refractivity contribution is -0.117. The van der Waals surface area contributed by atoms with Crippen molar-refractivity contribution in [3.05, 3.63) is 84.8 Å². The van der Waals surface area contributed by atoms with E-state index in [2.05, 4.69) is 10.6 Å². The molecule has 3 aromatic carbocycles. The zero-order valence-electron chi connectivity index (χ0n) is 18.5. The standard InChI is InChI=1S/C24H15Cl6F2N3O2/c1-8-2-10(5-11(20(8)27)22(36)35-17-7-16(33)14(31)6-15(17)32)34-23(37)19-18(24(19,29)30)9-3-12(25)21(28)13(26)4-9/h2-7,18-19H,33H2,1H3,(H,34,37)(H,35,36)/t18-,19+/m0/s1. The highest BCUT2D eigenvalue weighted by Crippen LogP contribution is 2.65. The minimum Gasteiger partial charge on any atom is -0.396 e. The average molecular weight is 628 g/mol. The minimum atomic E-state index is -1.45. The highest BCUT2D eigenvalue weighted by Gasteiger charge is 2.67. The van der Waals surface area contributed by atoms with Crippen molar-refractivity contribution in [2.24, 2.45) is 5.92 Å². The lowest BCUT2D eigenvalue weighted by atomic mass is 10.1. The number of halogens is 8. The molecule has 4 N–H and O–H groups in total. The summed E-state index contributed by atoms with van der Waals surface area (Å²) < 4.78 is 26.1. The predicted molar refractivity (Wildman–Crippen MR) is 146 cm³/mol. The van der Waals surface area contributed by atoms with Crippen LogP contribution in [0.25, 0.3) is 0 Å². The molecule has 0 bridgehead atoms. The van der Waals surface area contributed by atoms with Gasteiger partial charge in [-0.2, -0.15) is 0 Å². The molecule has 5 nitrogen and oxygen atoms in total. The Kier molecular flexibility index (Phi) is 7.79. The normalized spacial score (nSPS) is 17.9. The third-order valence-electron chi connectivity index (χ3n) is 5.80. The van der Waals surface area contributed by atoms with E-state index in [4.69, 9.17) is 75.3 Å². The number of hydrogen-bond acceptors (Lipinski definition) is 3. The van der Waals surface area contributed by atoms with Gasteiger partial charge in [0.15, 0.2) is 0 Å². The maximum Gasteiger partial charge on any atom is 0.257 e. The molecule has 3 aromatic rings. The van der Waals surface area contributed by atoms with Crippen molar-refractivity contribution in [2.45, 2.75) is 17.2 Å². The third kappa shape index (κ3) is 5.44. The zero-order valence-corrected chi connectivity index (χ0v) is 23.1. The molecule has 1 saturated carbocycles. The van der Waals surface area contributed by atoms with Crippen LogP contribution in [0.5, 0.6) is 0 Å². The van der Waals surface area contributed by atoms with E-state index in [9.17, 15) is 18.4 Å². The van der Waals surface area contributed by atoms with Gasteiger partial charge in [0.25, 0.3) is 5.91 Å².